The highest BCUT2D eigenvalue weighted by molar-refractivity contribution is 7.59. The van der Waals surface area contributed by atoms with Crippen LogP contribution in [0.25, 0.3) is 0 Å². The van der Waals surface area contributed by atoms with Crippen molar-refractivity contribution in [2.24, 2.45) is 0 Å². The largest absolute Gasteiger partial charge is 0.673 e. The van der Waals surface area contributed by atoms with Crippen molar-refractivity contribution in [2.45, 2.75) is 0 Å². The van der Waals surface area contributed by atoms with Crippen molar-refractivity contribution in [3.63, 3.8) is 0 Å². The van der Waals surface area contributed by atoms with Gasteiger partial charge in [-0.15, -0.1) is 0 Å². The van der Waals surface area contributed by atoms with Gasteiger partial charge in [0.25, 0.3) is 0 Å². The van der Waals surface area contributed by atoms with E-state index in [0.717, 1.165) is 0 Å². The normalized spacial score (nSPS) is 10.0. The summed E-state index contributed by atoms with van der Waals surface area (Å²) in [7, 11) is -6.00. The summed E-state index contributed by atoms with van der Waals surface area (Å²) in [5.74, 6) is 0. The lowest BCUT2D eigenvalue weighted by molar-refractivity contribution is 0.368. The number of hydrogen-bond acceptors (Lipinski definition) is 0. The molecule has 6 heavy (non-hydrogen) atoms. The Balaban J connectivity index is 0. The molecule has 40 valence electrons. The Morgan fingerprint density at radius 1 is 0.833 bits per heavy atom. The molecule has 0 aromatic rings. The summed E-state index contributed by atoms with van der Waals surface area (Å²) < 4.78 is 39.0. The topological polar surface area (TPSA) is 0 Å². The Kier molecular flexibility index (Phi) is 3.68. The van der Waals surface area contributed by atoms with Gasteiger partial charge in [-0.25, -0.2) is 0 Å². The van der Waals surface area contributed by atoms with Gasteiger partial charge < -0.3 is 17.3 Å². The minimum atomic E-state index is -6.00. The summed E-state index contributed by atoms with van der Waals surface area (Å²) in [6.07, 6.45) is 0. The van der Waals surface area contributed by atoms with Gasteiger partial charge in [-0.1, -0.05) is 0 Å². The van der Waals surface area contributed by atoms with Gasteiger partial charge in [0, 0.05) is 0 Å². The van der Waals surface area contributed by atoms with Gasteiger partial charge in [-0.2, -0.15) is 13.5 Å². The lowest BCUT2D eigenvalue weighted by Crippen LogP contribution is -2.02. The molecule has 0 aliphatic rings. The minimum Gasteiger partial charge on any atom is -0.418 e. The maximum atomic E-state index is 9.75. The molecule has 0 aliphatic heterocycles. The van der Waals surface area contributed by atoms with Crippen molar-refractivity contribution in [2.75, 3.05) is 0 Å². The third-order valence-electron chi connectivity index (χ3n) is 0. The van der Waals surface area contributed by atoms with Gasteiger partial charge in [-0.05, 0) is 0 Å². The molecule has 0 bridgehead atoms. The quantitative estimate of drug-likeness (QED) is 0.335. The highest BCUT2D eigenvalue weighted by Crippen LogP contribution is 2.06. The van der Waals surface area contributed by atoms with Crippen LogP contribution in [0.4, 0.5) is 17.3 Å². The number of halogens is 4. The van der Waals surface area contributed by atoms with Gasteiger partial charge in [0.05, 0.1) is 0 Å². The fourth-order valence-electron chi connectivity index (χ4n) is 0. The van der Waals surface area contributed by atoms with Crippen molar-refractivity contribution < 1.29 is 17.3 Å². The van der Waals surface area contributed by atoms with Crippen molar-refractivity contribution in [1.82, 2.24) is 0 Å². The van der Waals surface area contributed by atoms with Crippen LogP contribution in [0.1, 0.15) is 0 Å². The summed E-state index contributed by atoms with van der Waals surface area (Å²) in [6.45, 7) is 0. The zero-order valence-electron chi connectivity index (χ0n) is 2.59. The highest BCUT2D eigenvalue weighted by atomic mass is 32.1. The standard InChI is InChI=1S/BF4.H2S/c2-1(3,4)5;/h;1H2/q-1;. The maximum absolute atomic E-state index is 9.75. The van der Waals surface area contributed by atoms with Crippen LogP contribution in [-0.4, -0.2) is 7.25 Å². The number of rotatable bonds is 0. The molecule has 0 fully saturated rings. The van der Waals surface area contributed by atoms with Crippen LogP contribution in [0.3, 0.4) is 0 Å². The Morgan fingerprint density at radius 2 is 0.833 bits per heavy atom. The van der Waals surface area contributed by atoms with Gasteiger partial charge in [0.2, 0.25) is 0 Å². The smallest absolute Gasteiger partial charge is 0.418 e. The van der Waals surface area contributed by atoms with Crippen molar-refractivity contribution in [3.8, 4) is 0 Å². The fraction of sp³-hybridized carbons (Fsp3) is 0. The zero-order chi connectivity index (χ0) is 4.50. The van der Waals surface area contributed by atoms with Crippen LogP contribution >= 0.6 is 13.5 Å². The molecule has 0 N–H and O–H groups in total. The Morgan fingerprint density at radius 3 is 0.833 bits per heavy atom. The monoisotopic (exact) mass is 121 g/mol. The van der Waals surface area contributed by atoms with E-state index in [-0.39, 0.29) is 13.5 Å². The second kappa shape index (κ2) is 2.33. The first-order chi connectivity index (χ1) is 2.00. The third kappa shape index (κ3) is 2230. The lowest BCUT2D eigenvalue weighted by atomic mass is 10.3. The molecular weight excluding hydrogens is 119 g/mol. The summed E-state index contributed by atoms with van der Waals surface area (Å²) in [6, 6.07) is 0. The molecule has 0 nitrogen and oxygen atoms in total. The molecule has 0 unspecified atom stereocenters. The Hall–Kier alpha value is 0.135. The van der Waals surface area contributed by atoms with E-state index in [9.17, 15) is 17.3 Å². The predicted molar refractivity (Wildman–Crippen MR) is 20.6 cm³/mol. The average Bonchev–Trinajstić information content (AvgIpc) is 0.722. The average molecular weight is 121 g/mol. The lowest BCUT2D eigenvalue weighted by Gasteiger charge is -1.94. The first kappa shape index (κ1) is 9.46. The number of hydrogen-bond donors (Lipinski definition) is 0. The predicted octanol–water partition coefficient (Wildman–Crippen LogP) is 1.41. The molecule has 0 aromatic carbocycles. The maximum Gasteiger partial charge on any atom is 0.673 e. The molecule has 6 heteroatoms. The molecule has 0 spiro atoms. The molecule has 0 aliphatic carbocycles. The molecule has 0 heterocycles. The van der Waals surface area contributed by atoms with Crippen LogP contribution in [0.5, 0.6) is 0 Å². The van der Waals surface area contributed by atoms with Gasteiger partial charge >= 0.3 is 7.25 Å². The van der Waals surface area contributed by atoms with E-state index in [4.69, 9.17) is 0 Å². The molecule has 0 amide bonds. The molecule has 0 saturated heterocycles. The third-order valence-corrected chi connectivity index (χ3v) is 0. The van der Waals surface area contributed by atoms with E-state index >= 15 is 0 Å². The molecule has 0 atom stereocenters. The van der Waals surface area contributed by atoms with E-state index in [2.05, 4.69) is 0 Å². The van der Waals surface area contributed by atoms with E-state index < -0.39 is 7.25 Å². The van der Waals surface area contributed by atoms with Crippen molar-refractivity contribution >= 4 is 20.8 Å². The fourth-order valence-corrected chi connectivity index (χ4v) is 0. The van der Waals surface area contributed by atoms with E-state index in [0.29, 0.717) is 0 Å². The van der Waals surface area contributed by atoms with Crippen LogP contribution in [0.2, 0.25) is 0 Å². The Bertz CT molecular complexity index is 23.0. The molecule has 0 saturated carbocycles. The van der Waals surface area contributed by atoms with E-state index in [1.165, 1.54) is 0 Å². The molecule has 0 rings (SSSR count). The van der Waals surface area contributed by atoms with Crippen molar-refractivity contribution in [3.05, 3.63) is 0 Å². The second-order valence-electron chi connectivity index (χ2n) is 0.495. The summed E-state index contributed by atoms with van der Waals surface area (Å²) in [5.41, 5.74) is 0. The Labute approximate surface area is 39.1 Å². The SMILES string of the molecule is F[B-](F)(F)F.S. The van der Waals surface area contributed by atoms with Crippen LogP contribution in [0.15, 0.2) is 0 Å². The van der Waals surface area contributed by atoms with Crippen molar-refractivity contribution in [1.29, 1.82) is 0 Å². The van der Waals surface area contributed by atoms with Crippen LogP contribution < -0.4 is 0 Å². The van der Waals surface area contributed by atoms with Gasteiger partial charge in [0.15, 0.2) is 0 Å². The minimum absolute atomic E-state index is 0. The zero-order valence-corrected chi connectivity index (χ0v) is 3.59. The first-order valence-electron chi connectivity index (χ1n) is 0.873. The molecule has 0 radical (unpaired) electrons. The summed E-state index contributed by atoms with van der Waals surface area (Å²) in [5, 5.41) is 0. The molecule has 0 aromatic heterocycles. The van der Waals surface area contributed by atoms with Gasteiger partial charge in [0.1, 0.15) is 0 Å². The van der Waals surface area contributed by atoms with E-state index in [1.807, 2.05) is 0 Å². The van der Waals surface area contributed by atoms with E-state index in [1.54, 1.807) is 0 Å². The van der Waals surface area contributed by atoms with Crippen LogP contribution in [-0.2, 0) is 0 Å². The van der Waals surface area contributed by atoms with Gasteiger partial charge in [-0.3, -0.25) is 0 Å². The second-order valence-corrected chi connectivity index (χ2v) is 0.495. The first-order valence-corrected chi connectivity index (χ1v) is 0.873. The molecular formula is H2BF4S-. The highest BCUT2D eigenvalue weighted by Gasteiger charge is 2.20. The summed E-state index contributed by atoms with van der Waals surface area (Å²) in [4.78, 5) is 0. The summed E-state index contributed by atoms with van der Waals surface area (Å²) >= 11 is 0. The van der Waals surface area contributed by atoms with Crippen LogP contribution in [0, 0.1) is 0 Å².